The van der Waals surface area contributed by atoms with Gasteiger partial charge in [0.25, 0.3) is 0 Å². The highest BCUT2D eigenvalue weighted by molar-refractivity contribution is 5.75. The number of hydrogen-bond acceptors (Lipinski definition) is 2. The number of aromatic nitrogens is 1. The molecule has 0 unspecified atom stereocenters. The van der Waals surface area contributed by atoms with Crippen LogP contribution in [-0.2, 0) is 5.54 Å². The van der Waals surface area contributed by atoms with E-state index in [1.165, 1.54) is 50.3 Å². The molecule has 1 aromatic carbocycles. The van der Waals surface area contributed by atoms with Gasteiger partial charge in [-0.1, -0.05) is 0 Å². The molecule has 4 aliphatic carbocycles. The standard InChI is InChI=1S/C26H31FN4O/c27-20-3-4-22-21(13-20)28-26(23-2-1-7-31(22)23)5-8-30(9-6-26)24(32)29-25-14-17-10-18(15-25)12-19(11-17)16-25/h1-4,7,13,17-19,28H,5-6,8-12,14-16H2,(H,29,32). The number of urea groups is 1. The monoisotopic (exact) mass is 434 g/mol. The number of hydrogen-bond donors (Lipinski definition) is 2. The van der Waals surface area contributed by atoms with Crippen LogP contribution in [0.3, 0.4) is 0 Å². The van der Waals surface area contributed by atoms with E-state index in [4.69, 9.17) is 0 Å². The topological polar surface area (TPSA) is 49.3 Å². The summed E-state index contributed by atoms with van der Waals surface area (Å²) < 4.78 is 16.1. The van der Waals surface area contributed by atoms with Gasteiger partial charge in [0.1, 0.15) is 5.82 Å². The predicted octanol–water partition coefficient (Wildman–Crippen LogP) is 5.01. The van der Waals surface area contributed by atoms with Crippen LogP contribution >= 0.6 is 0 Å². The summed E-state index contributed by atoms with van der Waals surface area (Å²) in [5.74, 6) is 2.25. The van der Waals surface area contributed by atoms with Crippen LogP contribution in [0, 0.1) is 23.6 Å². The number of rotatable bonds is 1. The van der Waals surface area contributed by atoms with Crippen molar-refractivity contribution < 1.29 is 9.18 Å². The van der Waals surface area contributed by atoms with Crippen LogP contribution in [-0.4, -0.2) is 34.1 Å². The van der Waals surface area contributed by atoms with Crippen LogP contribution in [0.4, 0.5) is 14.9 Å². The number of anilines is 1. The Kier molecular flexibility index (Phi) is 3.87. The highest BCUT2D eigenvalue weighted by Crippen LogP contribution is 2.55. The lowest BCUT2D eigenvalue weighted by atomic mass is 9.53. The van der Waals surface area contributed by atoms with Gasteiger partial charge in [-0.05, 0) is 99.5 Å². The smallest absolute Gasteiger partial charge is 0.317 e. The van der Waals surface area contributed by atoms with Gasteiger partial charge in [-0.25, -0.2) is 9.18 Å². The number of fused-ring (bicyclic) bond motifs is 4. The number of nitrogens with zero attached hydrogens (tertiary/aromatic N) is 2. The van der Waals surface area contributed by atoms with E-state index in [1.807, 2.05) is 11.0 Å². The average Bonchev–Trinajstić information content (AvgIpc) is 3.24. The van der Waals surface area contributed by atoms with Crippen LogP contribution in [0.25, 0.3) is 5.69 Å². The van der Waals surface area contributed by atoms with E-state index in [0.29, 0.717) is 13.1 Å². The molecule has 0 atom stereocenters. The molecule has 2 amide bonds. The van der Waals surface area contributed by atoms with E-state index in [-0.39, 0.29) is 22.9 Å². The molecule has 5 fully saturated rings. The number of carbonyl (C=O) groups excluding carboxylic acids is 1. The minimum atomic E-state index is -0.262. The predicted molar refractivity (Wildman–Crippen MR) is 121 cm³/mol. The van der Waals surface area contributed by atoms with E-state index in [2.05, 4.69) is 33.5 Å². The van der Waals surface area contributed by atoms with Crippen molar-refractivity contribution >= 4 is 11.7 Å². The van der Waals surface area contributed by atoms with Crippen molar-refractivity contribution in [3.8, 4) is 5.69 Å². The number of nitrogens with one attached hydrogen (secondary N) is 2. The molecule has 4 saturated carbocycles. The number of piperidine rings is 1. The van der Waals surface area contributed by atoms with E-state index in [9.17, 15) is 9.18 Å². The van der Waals surface area contributed by atoms with Gasteiger partial charge in [-0.3, -0.25) is 0 Å². The van der Waals surface area contributed by atoms with Gasteiger partial charge in [-0.15, -0.1) is 0 Å². The second-order valence-electron chi connectivity index (χ2n) is 11.2. The van der Waals surface area contributed by atoms with Gasteiger partial charge >= 0.3 is 6.03 Å². The zero-order chi connectivity index (χ0) is 21.5. The van der Waals surface area contributed by atoms with Crippen LogP contribution < -0.4 is 10.6 Å². The van der Waals surface area contributed by atoms with Gasteiger partial charge < -0.3 is 20.1 Å². The third kappa shape index (κ3) is 2.77. The molecule has 6 heteroatoms. The molecule has 3 heterocycles. The normalized spacial score (nSPS) is 33.5. The Labute approximate surface area is 188 Å². The Bertz CT molecular complexity index is 1050. The van der Waals surface area contributed by atoms with E-state index < -0.39 is 0 Å². The van der Waals surface area contributed by atoms with Crippen molar-refractivity contribution in [3.63, 3.8) is 0 Å². The van der Waals surface area contributed by atoms with E-state index >= 15 is 0 Å². The highest BCUT2D eigenvalue weighted by Gasteiger charge is 2.52. The lowest BCUT2D eigenvalue weighted by molar-refractivity contribution is -0.0162. The molecule has 168 valence electrons. The fraction of sp³-hybridized carbons (Fsp3) is 0.577. The van der Waals surface area contributed by atoms with Crippen LogP contribution in [0.5, 0.6) is 0 Å². The zero-order valence-corrected chi connectivity index (χ0v) is 18.4. The van der Waals surface area contributed by atoms with Gasteiger partial charge in [0.05, 0.1) is 16.9 Å². The zero-order valence-electron chi connectivity index (χ0n) is 18.4. The molecule has 6 aliphatic rings. The fourth-order valence-electron chi connectivity index (χ4n) is 8.16. The second kappa shape index (κ2) is 6.52. The maximum Gasteiger partial charge on any atom is 0.317 e. The van der Waals surface area contributed by atoms with E-state index in [1.54, 1.807) is 6.07 Å². The SMILES string of the molecule is O=C(NC12CC3CC(CC(C3)C1)C2)N1CCC2(CC1)Nc1cc(F)ccc1-n1cccc12. The summed E-state index contributed by atoms with van der Waals surface area (Å²) in [6.45, 7) is 1.42. The summed E-state index contributed by atoms with van der Waals surface area (Å²) in [5.41, 5.74) is 2.81. The Balaban J connectivity index is 1.09. The lowest BCUT2D eigenvalue weighted by Crippen LogP contribution is -2.63. The Morgan fingerprint density at radius 3 is 2.41 bits per heavy atom. The molecular formula is C26H31FN4O. The fourth-order valence-corrected chi connectivity index (χ4v) is 8.16. The van der Waals surface area contributed by atoms with Crippen molar-refractivity contribution in [1.29, 1.82) is 0 Å². The van der Waals surface area contributed by atoms with Crippen LogP contribution in [0.15, 0.2) is 36.5 Å². The summed E-state index contributed by atoms with van der Waals surface area (Å²) in [4.78, 5) is 15.3. The Morgan fingerprint density at radius 1 is 1.03 bits per heavy atom. The second-order valence-corrected chi connectivity index (χ2v) is 11.2. The first kappa shape index (κ1) is 19.0. The summed E-state index contributed by atoms with van der Waals surface area (Å²) in [7, 11) is 0. The number of amides is 2. The minimum absolute atomic E-state index is 0.0508. The molecule has 1 spiro atoms. The van der Waals surface area contributed by atoms with Crippen molar-refractivity contribution in [2.24, 2.45) is 17.8 Å². The Hall–Kier alpha value is -2.50. The molecule has 2 aliphatic heterocycles. The lowest BCUT2D eigenvalue weighted by Gasteiger charge is -2.57. The van der Waals surface area contributed by atoms with Gasteiger partial charge in [0.15, 0.2) is 0 Å². The molecule has 2 aromatic rings. The quantitative estimate of drug-likeness (QED) is 0.663. The summed E-state index contributed by atoms with van der Waals surface area (Å²) in [6, 6.07) is 9.28. The number of benzene rings is 1. The summed E-state index contributed by atoms with van der Waals surface area (Å²) in [6.07, 6.45) is 11.4. The van der Waals surface area contributed by atoms with Crippen LogP contribution in [0.1, 0.15) is 57.1 Å². The molecule has 2 N–H and O–H groups in total. The van der Waals surface area contributed by atoms with Gasteiger partial charge in [0, 0.05) is 30.5 Å². The molecule has 32 heavy (non-hydrogen) atoms. The number of halogens is 1. The minimum Gasteiger partial charge on any atom is -0.372 e. The molecule has 0 radical (unpaired) electrons. The van der Waals surface area contributed by atoms with Gasteiger partial charge in [-0.2, -0.15) is 0 Å². The largest absolute Gasteiger partial charge is 0.372 e. The summed E-state index contributed by atoms with van der Waals surface area (Å²) >= 11 is 0. The maximum atomic E-state index is 14.0. The average molecular weight is 435 g/mol. The third-order valence-corrected chi connectivity index (χ3v) is 9.15. The number of carbonyl (C=O) groups is 1. The van der Waals surface area contributed by atoms with Crippen molar-refractivity contribution in [2.45, 2.75) is 62.4 Å². The maximum absolute atomic E-state index is 14.0. The third-order valence-electron chi connectivity index (χ3n) is 9.15. The molecule has 4 bridgehead atoms. The highest BCUT2D eigenvalue weighted by atomic mass is 19.1. The number of likely N-dealkylation sites (tertiary alicyclic amines) is 1. The van der Waals surface area contributed by atoms with Gasteiger partial charge in [0.2, 0.25) is 0 Å². The molecule has 5 nitrogen and oxygen atoms in total. The first-order valence-corrected chi connectivity index (χ1v) is 12.3. The molecule has 8 rings (SSSR count). The van der Waals surface area contributed by atoms with E-state index in [0.717, 1.165) is 42.0 Å². The molecule has 1 saturated heterocycles. The van der Waals surface area contributed by atoms with Crippen molar-refractivity contribution in [3.05, 3.63) is 48.0 Å². The Morgan fingerprint density at radius 2 is 1.72 bits per heavy atom. The first-order valence-electron chi connectivity index (χ1n) is 12.3. The molecular weight excluding hydrogens is 403 g/mol. The first-order chi connectivity index (χ1) is 15.5. The van der Waals surface area contributed by atoms with Crippen molar-refractivity contribution in [2.75, 3.05) is 18.4 Å². The van der Waals surface area contributed by atoms with Crippen molar-refractivity contribution in [1.82, 2.24) is 14.8 Å². The van der Waals surface area contributed by atoms with Crippen LogP contribution in [0.2, 0.25) is 0 Å². The summed E-state index contributed by atoms with van der Waals surface area (Å²) in [5, 5.41) is 7.20. The molecule has 1 aromatic heterocycles.